The molecule has 2 aromatic rings. The quantitative estimate of drug-likeness (QED) is 0.720. The molecule has 1 amide bonds. The predicted molar refractivity (Wildman–Crippen MR) is 92.3 cm³/mol. The summed E-state index contributed by atoms with van der Waals surface area (Å²) in [6.07, 6.45) is 0.854. The standard InChI is InChI=1S/C17H20N2O4S/c1-19(10-4-5-15(20)23-3)17(21)14-11-24-16(18-14)12-6-8-13(22-2)9-7-12/h6-9,11H,4-5,10H2,1-3H3. The van der Waals surface area contributed by atoms with Gasteiger partial charge in [-0.3, -0.25) is 9.59 Å². The number of hydrogen-bond donors (Lipinski definition) is 0. The maximum atomic E-state index is 12.4. The third-order valence-electron chi connectivity index (χ3n) is 3.51. The van der Waals surface area contributed by atoms with Crippen LogP contribution in [0.15, 0.2) is 29.6 Å². The molecule has 0 fully saturated rings. The second kappa shape index (κ2) is 8.44. The normalized spacial score (nSPS) is 10.3. The molecule has 2 rings (SSSR count). The van der Waals surface area contributed by atoms with Crippen LogP contribution in [0.5, 0.6) is 5.75 Å². The van der Waals surface area contributed by atoms with Crippen LogP contribution in [-0.2, 0) is 9.53 Å². The summed E-state index contributed by atoms with van der Waals surface area (Å²) in [7, 11) is 4.67. The van der Waals surface area contributed by atoms with Crippen molar-refractivity contribution in [1.82, 2.24) is 9.88 Å². The van der Waals surface area contributed by atoms with Gasteiger partial charge in [0.1, 0.15) is 16.5 Å². The topological polar surface area (TPSA) is 68.7 Å². The zero-order valence-corrected chi connectivity index (χ0v) is 14.8. The Kier molecular flexibility index (Phi) is 6.31. The van der Waals surface area contributed by atoms with Crippen molar-refractivity contribution in [2.75, 3.05) is 27.8 Å². The molecule has 0 saturated heterocycles. The fourth-order valence-corrected chi connectivity index (χ4v) is 2.90. The third kappa shape index (κ3) is 4.55. The lowest BCUT2D eigenvalue weighted by molar-refractivity contribution is -0.140. The Balaban J connectivity index is 1.98. The van der Waals surface area contributed by atoms with Crippen LogP contribution in [0.3, 0.4) is 0 Å². The molecule has 0 atom stereocenters. The number of benzene rings is 1. The lowest BCUT2D eigenvalue weighted by atomic mass is 10.2. The van der Waals surface area contributed by atoms with Gasteiger partial charge in [0.05, 0.1) is 14.2 Å². The van der Waals surface area contributed by atoms with Crippen LogP contribution in [0.4, 0.5) is 0 Å². The molecule has 0 spiro atoms. The van der Waals surface area contributed by atoms with Gasteiger partial charge in [0.2, 0.25) is 0 Å². The van der Waals surface area contributed by atoms with E-state index < -0.39 is 0 Å². The molecule has 0 aliphatic carbocycles. The highest BCUT2D eigenvalue weighted by Crippen LogP contribution is 2.26. The largest absolute Gasteiger partial charge is 0.497 e. The first-order valence-electron chi connectivity index (χ1n) is 7.47. The summed E-state index contributed by atoms with van der Waals surface area (Å²) in [4.78, 5) is 29.4. The number of esters is 1. The fourth-order valence-electron chi connectivity index (χ4n) is 2.10. The summed E-state index contributed by atoms with van der Waals surface area (Å²) in [6, 6.07) is 7.53. The maximum absolute atomic E-state index is 12.4. The summed E-state index contributed by atoms with van der Waals surface area (Å²) < 4.78 is 9.72. The zero-order valence-electron chi connectivity index (χ0n) is 13.9. The first kappa shape index (κ1) is 17.9. The molecule has 0 saturated carbocycles. The van der Waals surface area contributed by atoms with E-state index in [1.54, 1.807) is 24.4 Å². The first-order chi connectivity index (χ1) is 11.5. The Labute approximate surface area is 145 Å². The van der Waals surface area contributed by atoms with Crippen molar-refractivity contribution < 1.29 is 19.1 Å². The number of aromatic nitrogens is 1. The molecule has 128 valence electrons. The van der Waals surface area contributed by atoms with E-state index in [2.05, 4.69) is 9.72 Å². The van der Waals surface area contributed by atoms with Gasteiger partial charge in [-0.2, -0.15) is 0 Å². The van der Waals surface area contributed by atoms with Crippen LogP contribution < -0.4 is 4.74 Å². The van der Waals surface area contributed by atoms with Gasteiger partial charge < -0.3 is 14.4 Å². The summed E-state index contributed by atoms with van der Waals surface area (Å²) in [5, 5.41) is 2.53. The minimum Gasteiger partial charge on any atom is -0.497 e. The van der Waals surface area contributed by atoms with E-state index >= 15 is 0 Å². The molecule has 0 bridgehead atoms. The van der Waals surface area contributed by atoms with Crippen molar-refractivity contribution in [3.8, 4) is 16.3 Å². The Morgan fingerprint density at radius 1 is 1.21 bits per heavy atom. The van der Waals surface area contributed by atoms with E-state index in [1.807, 2.05) is 24.3 Å². The number of amides is 1. The molecule has 0 aliphatic heterocycles. The van der Waals surface area contributed by atoms with Crippen LogP contribution in [0.25, 0.3) is 10.6 Å². The average Bonchev–Trinajstić information content (AvgIpc) is 3.10. The molecular formula is C17H20N2O4S. The minimum absolute atomic E-state index is 0.157. The van der Waals surface area contributed by atoms with Crippen LogP contribution >= 0.6 is 11.3 Å². The third-order valence-corrected chi connectivity index (χ3v) is 4.40. The minimum atomic E-state index is -0.272. The molecule has 0 N–H and O–H groups in total. The Hall–Kier alpha value is -2.41. The van der Waals surface area contributed by atoms with Gasteiger partial charge in [0.15, 0.2) is 0 Å². The van der Waals surface area contributed by atoms with Gasteiger partial charge in [-0.25, -0.2) is 4.98 Å². The number of hydrogen-bond acceptors (Lipinski definition) is 6. The van der Waals surface area contributed by atoms with Crippen molar-refractivity contribution in [3.63, 3.8) is 0 Å². The second-order valence-corrected chi connectivity index (χ2v) is 6.03. The fraction of sp³-hybridized carbons (Fsp3) is 0.353. The Morgan fingerprint density at radius 3 is 2.54 bits per heavy atom. The lowest BCUT2D eigenvalue weighted by Gasteiger charge is -2.15. The number of carbonyl (C=O) groups is 2. The predicted octanol–water partition coefficient (Wildman–Crippen LogP) is 2.84. The molecule has 1 aromatic heterocycles. The van der Waals surface area contributed by atoms with E-state index in [4.69, 9.17) is 4.74 Å². The van der Waals surface area contributed by atoms with E-state index in [0.717, 1.165) is 16.3 Å². The maximum Gasteiger partial charge on any atom is 0.305 e. The summed E-state index contributed by atoms with van der Waals surface area (Å²) in [5.41, 5.74) is 1.35. The molecule has 6 nitrogen and oxygen atoms in total. The molecule has 0 radical (unpaired) electrons. The number of carbonyl (C=O) groups excluding carboxylic acids is 2. The zero-order chi connectivity index (χ0) is 17.5. The van der Waals surface area contributed by atoms with Gasteiger partial charge in [0, 0.05) is 31.0 Å². The molecule has 7 heteroatoms. The highest BCUT2D eigenvalue weighted by atomic mass is 32.1. The van der Waals surface area contributed by atoms with E-state index in [9.17, 15) is 9.59 Å². The number of thiazole rings is 1. The van der Waals surface area contributed by atoms with Crippen LogP contribution in [0.1, 0.15) is 23.3 Å². The molecular weight excluding hydrogens is 328 g/mol. The summed E-state index contributed by atoms with van der Waals surface area (Å²) in [5.74, 6) is 0.346. The number of rotatable bonds is 7. The van der Waals surface area contributed by atoms with Gasteiger partial charge in [0.25, 0.3) is 5.91 Å². The first-order valence-corrected chi connectivity index (χ1v) is 8.35. The van der Waals surface area contributed by atoms with Crippen molar-refractivity contribution in [1.29, 1.82) is 0 Å². The molecule has 1 heterocycles. The summed E-state index contributed by atoms with van der Waals surface area (Å²) >= 11 is 1.42. The van der Waals surface area contributed by atoms with Gasteiger partial charge in [-0.05, 0) is 30.7 Å². The van der Waals surface area contributed by atoms with E-state index in [1.165, 1.54) is 18.4 Å². The Bertz CT molecular complexity index is 697. The number of ether oxygens (including phenoxy) is 2. The van der Waals surface area contributed by atoms with Crippen LogP contribution in [0.2, 0.25) is 0 Å². The van der Waals surface area contributed by atoms with Crippen LogP contribution in [-0.4, -0.2) is 49.6 Å². The van der Waals surface area contributed by atoms with Gasteiger partial charge in [-0.15, -0.1) is 11.3 Å². The summed E-state index contributed by atoms with van der Waals surface area (Å²) in [6.45, 7) is 0.476. The van der Waals surface area contributed by atoms with Crippen molar-refractivity contribution in [3.05, 3.63) is 35.3 Å². The van der Waals surface area contributed by atoms with Crippen LogP contribution in [0, 0.1) is 0 Å². The second-order valence-electron chi connectivity index (χ2n) is 5.17. The molecule has 0 aliphatic rings. The average molecular weight is 348 g/mol. The molecule has 1 aromatic carbocycles. The SMILES string of the molecule is COC(=O)CCCN(C)C(=O)c1csc(-c2ccc(OC)cc2)n1. The monoisotopic (exact) mass is 348 g/mol. The van der Waals surface area contributed by atoms with Crippen molar-refractivity contribution in [2.24, 2.45) is 0 Å². The van der Waals surface area contributed by atoms with E-state index in [-0.39, 0.29) is 11.9 Å². The lowest BCUT2D eigenvalue weighted by Crippen LogP contribution is -2.28. The van der Waals surface area contributed by atoms with E-state index in [0.29, 0.717) is 25.1 Å². The highest BCUT2D eigenvalue weighted by molar-refractivity contribution is 7.13. The van der Waals surface area contributed by atoms with Crippen molar-refractivity contribution in [2.45, 2.75) is 12.8 Å². The smallest absolute Gasteiger partial charge is 0.305 e. The number of methoxy groups -OCH3 is 2. The van der Waals surface area contributed by atoms with Gasteiger partial charge in [-0.1, -0.05) is 0 Å². The van der Waals surface area contributed by atoms with Crippen molar-refractivity contribution >= 4 is 23.2 Å². The Morgan fingerprint density at radius 2 is 1.92 bits per heavy atom. The number of nitrogens with zero attached hydrogens (tertiary/aromatic N) is 2. The van der Waals surface area contributed by atoms with Gasteiger partial charge >= 0.3 is 5.97 Å². The molecule has 24 heavy (non-hydrogen) atoms. The molecule has 0 unspecified atom stereocenters. The highest BCUT2D eigenvalue weighted by Gasteiger charge is 2.16.